The van der Waals surface area contributed by atoms with Crippen molar-refractivity contribution in [3.63, 3.8) is 0 Å². The quantitative estimate of drug-likeness (QED) is 0.575. The predicted octanol–water partition coefficient (Wildman–Crippen LogP) is 3.37. The van der Waals surface area contributed by atoms with Gasteiger partial charge in [0.15, 0.2) is 0 Å². The van der Waals surface area contributed by atoms with E-state index in [0.29, 0.717) is 35.4 Å². The number of imide groups is 1. The average Bonchev–Trinajstić information content (AvgIpc) is 3.40. The van der Waals surface area contributed by atoms with Crippen LogP contribution in [0.5, 0.6) is 0 Å². The Bertz CT molecular complexity index is 1280. The van der Waals surface area contributed by atoms with Crippen LogP contribution in [0.15, 0.2) is 72.8 Å². The molecule has 0 spiro atoms. The second-order valence-corrected chi connectivity index (χ2v) is 8.06. The number of carbonyl (C=O) groups excluding carboxylic acids is 4. The molecular formula is C26H21N3O5. The van der Waals surface area contributed by atoms with Gasteiger partial charge in [-0.05, 0) is 47.5 Å². The fourth-order valence-corrected chi connectivity index (χ4v) is 4.12. The zero-order valence-corrected chi connectivity index (χ0v) is 18.2. The fraction of sp³-hybridized carbons (Fsp3) is 0.154. The normalized spacial score (nSPS) is 14.9. The Morgan fingerprint density at radius 1 is 0.853 bits per heavy atom. The van der Waals surface area contributed by atoms with Gasteiger partial charge in [0.1, 0.15) is 6.61 Å². The van der Waals surface area contributed by atoms with Gasteiger partial charge in [0.05, 0.1) is 24.2 Å². The summed E-state index contributed by atoms with van der Waals surface area (Å²) in [4.78, 5) is 52.5. The Morgan fingerprint density at radius 2 is 1.56 bits per heavy atom. The minimum Gasteiger partial charge on any atom is -0.447 e. The number of hydrogen-bond donors (Lipinski definition) is 1. The lowest BCUT2D eigenvalue weighted by Crippen LogP contribution is -2.29. The molecule has 0 saturated carbocycles. The van der Waals surface area contributed by atoms with E-state index in [0.717, 1.165) is 11.3 Å². The molecule has 0 bridgehead atoms. The number of hydrogen-bond acceptors (Lipinski definition) is 5. The lowest BCUT2D eigenvalue weighted by molar-refractivity contribution is 0.0642. The molecule has 1 fully saturated rings. The number of rotatable bonds is 6. The van der Waals surface area contributed by atoms with Gasteiger partial charge in [0, 0.05) is 17.8 Å². The van der Waals surface area contributed by atoms with E-state index in [1.165, 1.54) is 4.90 Å². The van der Waals surface area contributed by atoms with Crippen molar-refractivity contribution in [2.45, 2.75) is 13.1 Å². The smallest absolute Gasteiger partial charge is 0.414 e. The summed E-state index contributed by atoms with van der Waals surface area (Å²) in [6.07, 6.45) is -0.379. The number of anilines is 1. The first-order valence-electron chi connectivity index (χ1n) is 10.9. The first kappa shape index (κ1) is 21.4. The van der Waals surface area contributed by atoms with Gasteiger partial charge in [-0.1, -0.05) is 36.4 Å². The monoisotopic (exact) mass is 455 g/mol. The molecule has 2 aliphatic heterocycles. The Hall–Kier alpha value is -4.46. The Kier molecular flexibility index (Phi) is 5.55. The third kappa shape index (κ3) is 4.01. The van der Waals surface area contributed by atoms with E-state index in [2.05, 4.69) is 5.32 Å². The van der Waals surface area contributed by atoms with Crippen LogP contribution in [-0.4, -0.2) is 41.9 Å². The maximum atomic E-state index is 12.8. The number of benzene rings is 3. The molecule has 8 nitrogen and oxygen atoms in total. The standard InChI is InChI=1S/C26H21N3O5/c30-23(27-15-17-5-4-8-20(14-17)28-11-12-34-26(28)33)19-7-3-6-18(13-19)16-29-24(31)21-9-1-2-10-22(21)25(29)32/h1-10,13-14H,11-12,15-16H2,(H,27,30). The number of fused-ring (bicyclic) bond motifs is 1. The summed E-state index contributed by atoms with van der Waals surface area (Å²) in [5.41, 5.74) is 3.45. The minimum absolute atomic E-state index is 0.0848. The highest BCUT2D eigenvalue weighted by Gasteiger charge is 2.35. The average molecular weight is 455 g/mol. The van der Waals surface area contributed by atoms with Crippen LogP contribution in [0.4, 0.5) is 10.5 Å². The number of nitrogens with one attached hydrogen (secondary N) is 1. The van der Waals surface area contributed by atoms with Crippen LogP contribution in [0, 0.1) is 0 Å². The number of ether oxygens (including phenoxy) is 1. The van der Waals surface area contributed by atoms with Crippen molar-refractivity contribution in [1.82, 2.24) is 10.2 Å². The number of cyclic esters (lactones) is 1. The van der Waals surface area contributed by atoms with E-state index in [9.17, 15) is 19.2 Å². The summed E-state index contributed by atoms with van der Waals surface area (Å²) in [6, 6.07) is 20.9. The zero-order chi connectivity index (χ0) is 23.7. The molecule has 1 saturated heterocycles. The lowest BCUT2D eigenvalue weighted by Gasteiger charge is -2.15. The molecule has 0 radical (unpaired) electrons. The van der Waals surface area contributed by atoms with E-state index in [1.807, 2.05) is 24.3 Å². The molecule has 0 aromatic heterocycles. The summed E-state index contributed by atoms with van der Waals surface area (Å²) < 4.78 is 4.98. The van der Waals surface area contributed by atoms with Crippen LogP contribution < -0.4 is 10.2 Å². The van der Waals surface area contributed by atoms with Crippen molar-refractivity contribution >= 4 is 29.5 Å². The van der Waals surface area contributed by atoms with Crippen molar-refractivity contribution in [1.29, 1.82) is 0 Å². The Balaban J connectivity index is 1.25. The summed E-state index contributed by atoms with van der Waals surface area (Å²) >= 11 is 0. The molecule has 3 aromatic carbocycles. The van der Waals surface area contributed by atoms with Gasteiger partial charge in [-0.15, -0.1) is 0 Å². The summed E-state index contributed by atoms with van der Waals surface area (Å²) in [5, 5.41) is 2.88. The molecule has 2 heterocycles. The molecule has 8 heteroatoms. The van der Waals surface area contributed by atoms with Crippen molar-refractivity contribution in [2.24, 2.45) is 0 Å². The predicted molar refractivity (Wildman–Crippen MR) is 123 cm³/mol. The van der Waals surface area contributed by atoms with Gasteiger partial charge in [-0.2, -0.15) is 0 Å². The molecule has 2 aliphatic rings. The van der Waals surface area contributed by atoms with Crippen molar-refractivity contribution < 1.29 is 23.9 Å². The van der Waals surface area contributed by atoms with Crippen molar-refractivity contribution in [2.75, 3.05) is 18.1 Å². The third-order valence-electron chi connectivity index (χ3n) is 5.84. The van der Waals surface area contributed by atoms with Gasteiger partial charge >= 0.3 is 6.09 Å². The highest BCUT2D eigenvalue weighted by atomic mass is 16.6. The molecule has 0 aliphatic carbocycles. The van der Waals surface area contributed by atoms with Crippen LogP contribution in [0.3, 0.4) is 0 Å². The SMILES string of the molecule is O=C(NCc1cccc(N2CCOC2=O)c1)c1cccc(CN2C(=O)c3ccccc3C2=O)c1. The molecule has 0 unspecified atom stereocenters. The number of nitrogens with zero attached hydrogens (tertiary/aromatic N) is 2. The maximum absolute atomic E-state index is 12.8. The minimum atomic E-state index is -0.379. The van der Waals surface area contributed by atoms with Gasteiger partial charge < -0.3 is 10.1 Å². The van der Waals surface area contributed by atoms with Crippen LogP contribution in [0.25, 0.3) is 0 Å². The van der Waals surface area contributed by atoms with Crippen molar-refractivity contribution in [3.8, 4) is 0 Å². The number of amides is 4. The van der Waals surface area contributed by atoms with Crippen molar-refractivity contribution in [3.05, 3.63) is 101 Å². The van der Waals surface area contributed by atoms with Gasteiger partial charge in [0.25, 0.3) is 17.7 Å². The highest BCUT2D eigenvalue weighted by molar-refractivity contribution is 6.21. The van der Waals surface area contributed by atoms with Gasteiger partial charge in [-0.3, -0.25) is 24.2 Å². The fourth-order valence-electron chi connectivity index (χ4n) is 4.12. The topological polar surface area (TPSA) is 96.0 Å². The molecule has 170 valence electrons. The molecule has 5 rings (SSSR count). The molecule has 34 heavy (non-hydrogen) atoms. The van der Waals surface area contributed by atoms with Gasteiger partial charge in [-0.25, -0.2) is 4.79 Å². The van der Waals surface area contributed by atoms with Crippen LogP contribution in [0.2, 0.25) is 0 Å². The zero-order valence-electron chi connectivity index (χ0n) is 18.2. The van der Waals surface area contributed by atoms with E-state index in [-0.39, 0.29) is 36.9 Å². The maximum Gasteiger partial charge on any atom is 0.414 e. The Labute approximate surface area is 195 Å². The molecule has 0 atom stereocenters. The molecule has 3 aromatic rings. The first-order valence-corrected chi connectivity index (χ1v) is 10.9. The molecule has 1 N–H and O–H groups in total. The van der Waals surface area contributed by atoms with Crippen LogP contribution in [-0.2, 0) is 17.8 Å². The first-order chi connectivity index (χ1) is 16.5. The highest BCUT2D eigenvalue weighted by Crippen LogP contribution is 2.24. The lowest BCUT2D eigenvalue weighted by atomic mass is 10.1. The van der Waals surface area contributed by atoms with Gasteiger partial charge in [0.2, 0.25) is 0 Å². The summed E-state index contributed by atoms with van der Waals surface area (Å²) in [7, 11) is 0. The van der Waals surface area contributed by atoms with E-state index < -0.39 is 0 Å². The summed E-state index contributed by atoms with van der Waals surface area (Å²) in [6.45, 7) is 1.21. The number of carbonyl (C=O) groups is 4. The van der Waals surface area contributed by atoms with E-state index in [1.54, 1.807) is 53.4 Å². The Morgan fingerprint density at radius 3 is 2.26 bits per heavy atom. The molecular weight excluding hydrogens is 434 g/mol. The molecule has 4 amide bonds. The third-order valence-corrected chi connectivity index (χ3v) is 5.84. The second-order valence-electron chi connectivity index (χ2n) is 8.06. The van der Waals surface area contributed by atoms with E-state index >= 15 is 0 Å². The van der Waals surface area contributed by atoms with Crippen LogP contribution >= 0.6 is 0 Å². The largest absolute Gasteiger partial charge is 0.447 e. The summed E-state index contributed by atoms with van der Waals surface area (Å²) in [5.74, 6) is -0.954. The second kappa shape index (κ2) is 8.82. The van der Waals surface area contributed by atoms with E-state index in [4.69, 9.17) is 4.74 Å². The van der Waals surface area contributed by atoms with Crippen LogP contribution in [0.1, 0.15) is 42.2 Å².